The Morgan fingerprint density at radius 2 is 2.12 bits per heavy atom. The highest BCUT2D eigenvalue weighted by atomic mass is 32.1. The van der Waals surface area contributed by atoms with Gasteiger partial charge in [-0.1, -0.05) is 12.1 Å². The molecule has 0 aliphatic heterocycles. The maximum Gasteiger partial charge on any atom is 0.261 e. The summed E-state index contributed by atoms with van der Waals surface area (Å²) < 4.78 is 1.27. The lowest BCUT2D eigenvalue weighted by Crippen LogP contribution is -2.28. The number of amides is 1. The van der Waals surface area contributed by atoms with Crippen LogP contribution < -0.4 is 10.9 Å². The van der Waals surface area contributed by atoms with Gasteiger partial charge in [-0.3, -0.25) is 14.2 Å². The summed E-state index contributed by atoms with van der Waals surface area (Å²) in [5.41, 5.74) is 2.62. The van der Waals surface area contributed by atoms with E-state index >= 15 is 0 Å². The average Bonchev–Trinajstić information content (AvgIpc) is 2.84. The Kier molecular flexibility index (Phi) is 4.38. The van der Waals surface area contributed by atoms with E-state index in [4.69, 9.17) is 0 Å². The van der Waals surface area contributed by atoms with Crippen molar-refractivity contribution in [2.45, 2.75) is 27.3 Å². The molecule has 0 spiro atoms. The molecule has 0 fully saturated rings. The molecule has 0 aliphatic rings. The van der Waals surface area contributed by atoms with Gasteiger partial charge >= 0.3 is 0 Å². The predicted molar refractivity (Wildman–Crippen MR) is 97.9 cm³/mol. The molecule has 3 aromatic rings. The van der Waals surface area contributed by atoms with E-state index in [1.54, 1.807) is 12.1 Å². The van der Waals surface area contributed by atoms with Gasteiger partial charge in [0.25, 0.3) is 5.56 Å². The molecule has 6 nitrogen and oxygen atoms in total. The Morgan fingerprint density at radius 3 is 2.84 bits per heavy atom. The first-order valence-corrected chi connectivity index (χ1v) is 8.48. The number of fused-ring (bicyclic) bond motifs is 1. The molecule has 1 N–H and O–H groups in total. The lowest BCUT2D eigenvalue weighted by atomic mass is 10.1. The predicted octanol–water partition coefficient (Wildman–Crippen LogP) is 2.89. The second kappa shape index (κ2) is 6.49. The molecule has 0 aliphatic carbocycles. The zero-order chi connectivity index (χ0) is 18.1. The maximum absolute atomic E-state index is 12.5. The van der Waals surface area contributed by atoms with E-state index in [0.29, 0.717) is 21.5 Å². The lowest BCUT2D eigenvalue weighted by Gasteiger charge is -2.08. The average molecular weight is 352 g/mol. The molecule has 0 bridgehead atoms. The minimum Gasteiger partial charge on any atom is -0.315 e. The van der Waals surface area contributed by atoms with Gasteiger partial charge in [-0.15, -0.1) is 11.3 Å². The van der Waals surface area contributed by atoms with Gasteiger partial charge in [-0.2, -0.15) is 5.26 Å². The van der Waals surface area contributed by atoms with Crippen molar-refractivity contribution in [1.29, 1.82) is 5.26 Å². The van der Waals surface area contributed by atoms with Crippen molar-refractivity contribution in [2.75, 3.05) is 5.32 Å². The first kappa shape index (κ1) is 16.9. The highest BCUT2D eigenvalue weighted by molar-refractivity contribution is 7.16. The van der Waals surface area contributed by atoms with Crippen LogP contribution in [-0.4, -0.2) is 15.5 Å². The standard InChI is InChI=1S/C18H16N4O2S/c1-10-5-4-6-13-16(10)20-9-22(18(13)24)8-15(23)21-17-14(7-19)11(2)12(3)25-17/h4-6,9H,8H2,1-3H3,(H,21,23). The summed E-state index contributed by atoms with van der Waals surface area (Å²) in [6.45, 7) is 5.48. The van der Waals surface area contributed by atoms with Gasteiger partial charge in [0.2, 0.25) is 5.91 Å². The molecule has 1 aromatic carbocycles. The molecule has 7 heteroatoms. The largest absolute Gasteiger partial charge is 0.315 e. The number of aromatic nitrogens is 2. The topological polar surface area (TPSA) is 87.8 Å². The SMILES string of the molecule is Cc1sc(NC(=O)Cn2cnc3c(C)cccc3c2=O)c(C#N)c1C. The number of hydrogen-bond donors (Lipinski definition) is 1. The zero-order valence-corrected chi connectivity index (χ0v) is 14.9. The van der Waals surface area contributed by atoms with Crippen molar-refractivity contribution in [3.8, 4) is 6.07 Å². The number of para-hydroxylation sites is 1. The van der Waals surface area contributed by atoms with Crippen LogP contribution in [0.25, 0.3) is 10.9 Å². The van der Waals surface area contributed by atoms with Gasteiger partial charge < -0.3 is 5.32 Å². The molecule has 3 rings (SSSR count). The lowest BCUT2D eigenvalue weighted by molar-refractivity contribution is -0.116. The van der Waals surface area contributed by atoms with E-state index in [1.807, 2.05) is 26.8 Å². The maximum atomic E-state index is 12.5. The minimum absolute atomic E-state index is 0.156. The molecule has 0 radical (unpaired) electrons. The number of nitrogens with zero attached hydrogens (tertiary/aromatic N) is 3. The van der Waals surface area contributed by atoms with Gasteiger partial charge in [0, 0.05) is 4.88 Å². The first-order valence-electron chi connectivity index (χ1n) is 7.67. The number of nitriles is 1. The van der Waals surface area contributed by atoms with E-state index < -0.39 is 0 Å². The van der Waals surface area contributed by atoms with Crippen molar-refractivity contribution in [3.63, 3.8) is 0 Å². The summed E-state index contributed by atoms with van der Waals surface area (Å²) in [7, 11) is 0. The number of benzene rings is 1. The molecule has 0 saturated heterocycles. The van der Waals surface area contributed by atoms with Gasteiger partial charge in [0.15, 0.2) is 0 Å². The van der Waals surface area contributed by atoms with Crippen LogP contribution >= 0.6 is 11.3 Å². The van der Waals surface area contributed by atoms with Crippen LogP contribution in [0.5, 0.6) is 0 Å². The first-order chi connectivity index (χ1) is 11.9. The highest BCUT2D eigenvalue weighted by Crippen LogP contribution is 2.31. The van der Waals surface area contributed by atoms with Crippen LogP contribution in [0, 0.1) is 32.1 Å². The van der Waals surface area contributed by atoms with E-state index in [-0.39, 0.29) is 18.0 Å². The highest BCUT2D eigenvalue weighted by Gasteiger charge is 2.15. The summed E-state index contributed by atoms with van der Waals surface area (Å²) in [5, 5.41) is 13.0. The molecule has 2 heterocycles. The van der Waals surface area contributed by atoms with E-state index in [1.165, 1.54) is 22.2 Å². The van der Waals surface area contributed by atoms with Crippen molar-refractivity contribution in [1.82, 2.24) is 9.55 Å². The van der Waals surface area contributed by atoms with Crippen LogP contribution in [0.2, 0.25) is 0 Å². The molecular weight excluding hydrogens is 336 g/mol. The van der Waals surface area contributed by atoms with Crippen molar-refractivity contribution >= 4 is 33.1 Å². The second-order valence-corrected chi connectivity index (χ2v) is 7.02. The van der Waals surface area contributed by atoms with Gasteiger partial charge in [0.1, 0.15) is 17.6 Å². The fraction of sp³-hybridized carbons (Fsp3) is 0.222. The molecule has 0 unspecified atom stereocenters. The zero-order valence-electron chi connectivity index (χ0n) is 14.1. The third-order valence-corrected chi connectivity index (χ3v) is 5.24. The monoisotopic (exact) mass is 352 g/mol. The van der Waals surface area contributed by atoms with E-state index in [2.05, 4.69) is 16.4 Å². The van der Waals surface area contributed by atoms with Crippen molar-refractivity contribution in [2.24, 2.45) is 0 Å². The molecule has 2 aromatic heterocycles. The Hall–Kier alpha value is -2.98. The van der Waals surface area contributed by atoms with E-state index in [9.17, 15) is 14.9 Å². The Balaban J connectivity index is 1.88. The number of anilines is 1. The summed E-state index contributed by atoms with van der Waals surface area (Å²) >= 11 is 1.36. The van der Waals surface area contributed by atoms with Crippen LogP contribution in [0.4, 0.5) is 5.00 Å². The van der Waals surface area contributed by atoms with Crippen LogP contribution in [0.1, 0.15) is 21.6 Å². The molecule has 126 valence electrons. The van der Waals surface area contributed by atoms with Crippen LogP contribution in [0.15, 0.2) is 29.3 Å². The number of thiophene rings is 1. The molecule has 25 heavy (non-hydrogen) atoms. The number of carbonyl (C=O) groups is 1. The normalized spacial score (nSPS) is 10.6. The van der Waals surface area contributed by atoms with Gasteiger partial charge in [0.05, 0.1) is 22.8 Å². The molecule has 0 atom stereocenters. The summed E-state index contributed by atoms with van der Waals surface area (Å²) in [4.78, 5) is 30.1. The smallest absolute Gasteiger partial charge is 0.261 e. The fourth-order valence-electron chi connectivity index (χ4n) is 2.62. The Morgan fingerprint density at radius 1 is 1.36 bits per heavy atom. The van der Waals surface area contributed by atoms with Crippen LogP contribution in [-0.2, 0) is 11.3 Å². The van der Waals surface area contributed by atoms with Gasteiger partial charge in [-0.25, -0.2) is 4.98 Å². The Bertz CT molecular complexity index is 1090. The molecule has 0 saturated carbocycles. The van der Waals surface area contributed by atoms with Crippen molar-refractivity contribution < 1.29 is 4.79 Å². The molecular formula is C18H16N4O2S. The van der Waals surface area contributed by atoms with E-state index in [0.717, 1.165) is 16.0 Å². The fourth-order valence-corrected chi connectivity index (χ4v) is 3.65. The summed E-state index contributed by atoms with van der Waals surface area (Å²) in [6.07, 6.45) is 1.38. The second-order valence-electron chi connectivity index (χ2n) is 5.80. The third-order valence-electron chi connectivity index (χ3n) is 4.12. The summed E-state index contributed by atoms with van der Waals surface area (Å²) in [6, 6.07) is 7.49. The van der Waals surface area contributed by atoms with Crippen LogP contribution in [0.3, 0.4) is 0 Å². The third kappa shape index (κ3) is 3.04. The minimum atomic E-state index is -0.367. The number of hydrogen-bond acceptors (Lipinski definition) is 5. The van der Waals surface area contributed by atoms with Crippen molar-refractivity contribution in [3.05, 3.63) is 56.4 Å². The number of rotatable bonds is 3. The summed E-state index contributed by atoms with van der Waals surface area (Å²) in [5.74, 6) is -0.367. The Labute approximate surface area is 148 Å². The van der Waals surface area contributed by atoms with Gasteiger partial charge in [-0.05, 0) is 38.0 Å². The molecule has 1 amide bonds. The number of nitrogens with one attached hydrogen (secondary N) is 1. The number of aryl methyl sites for hydroxylation is 2. The number of carbonyl (C=O) groups excluding carboxylic acids is 1. The quantitative estimate of drug-likeness (QED) is 0.785.